The van der Waals surface area contributed by atoms with E-state index in [4.69, 9.17) is 9.94 Å². The van der Waals surface area contributed by atoms with Crippen LogP contribution < -0.4 is 5.48 Å². The lowest BCUT2D eigenvalue weighted by Crippen LogP contribution is -2.54. The van der Waals surface area contributed by atoms with Crippen molar-refractivity contribution in [2.75, 3.05) is 13.2 Å². The number of carbonyl (C=O) groups is 1. The van der Waals surface area contributed by atoms with Crippen LogP contribution in [0.4, 0.5) is 0 Å². The molecule has 2 aromatic heterocycles. The van der Waals surface area contributed by atoms with E-state index in [1.165, 1.54) is 17.6 Å². The lowest BCUT2D eigenvalue weighted by atomic mass is 9.98. The second kappa shape index (κ2) is 8.23. The van der Waals surface area contributed by atoms with Crippen LogP contribution in [0.1, 0.15) is 12.8 Å². The first kappa shape index (κ1) is 20.6. The molecule has 1 aromatic carbocycles. The Morgan fingerprint density at radius 1 is 1.07 bits per heavy atom. The first-order valence-electron chi connectivity index (χ1n) is 9.21. The SMILES string of the molecule is O=C(NO)C1(S(=O)(=O)c2ccc(-c3cnc(-c4cccs4)cn3)cc2)CCOCC1. The summed E-state index contributed by atoms with van der Waals surface area (Å²) in [6.45, 7) is 0.244. The molecule has 8 nitrogen and oxygen atoms in total. The van der Waals surface area contributed by atoms with Gasteiger partial charge in [0.25, 0.3) is 5.91 Å². The summed E-state index contributed by atoms with van der Waals surface area (Å²) in [6, 6.07) is 10.1. The number of rotatable bonds is 5. The van der Waals surface area contributed by atoms with E-state index in [1.807, 2.05) is 17.5 Å². The van der Waals surface area contributed by atoms with Crippen molar-refractivity contribution >= 4 is 27.1 Å². The van der Waals surface area contributed by atoms with Crippen molar-refractivity contribution in [3.63, 3.8) is 0 Å². The average molecular weight is 446 g/mol. The van der Waals surface area contributed by atoms with Crippen LogP contribution in [0, 0.1) is 0 Å². The molecule has 1 saturated heterocycles. The van der Waals surface area contributed by atoms with E-state index in [1.54, 1.807) is 35.9 Å². The van der Waals surface area contributed by atoms with Gasteiger partial charge >= 0.3 is 0 Å². The number of hydrogen-bond donors (Lipinski definition) is 2. The Balaban J connectivity index is 1.63. The number of hydroxylamine groups is 1. The number of thiophene rings is 1. The van der Waals surface area contributed by atoms with Crippen LogP contribution >= 0.6 is 11.3 Å². The largest absolute Gasteiger partial charge is 0.381 e. The molecule has 3 aromatic rings. The molecule has 0 bridgehead atoms. The minimum atomic E-state index is -4.06. The van der Waals surface area contributed by atoms with Crippen molar-refractivity contribution in [2.24, 2.45) is 0 Å². The maximum atomic E-state index is 13.3. The Labute approximate surface area is 177 Å². The molecule has 1 aliphatic rings. The number of sulfone groups is 1. The van der Waals surface area contributed by atoms with Crippen molar-refractivity contribution in [2.45, 2.75) is 22.5 Å². The zero-order valence-corrected chi connectivity index (χ0v) is 17.4. The van der Waals surface area contributed by atoms with Gasteiger partial charge in [-0.1, -0.05) is 18.2 Å². The van der Waals surface area contributed by atoms with Gasteiger partial charge in [-0.05, 0) is 36.4 Å². The highest BCUT2D eigenvalue weighted by Crippen LogP contribution is 2.36. The van der Waals surface area contributed by atoms with Crippen LogP contribution in [-0.4, -0.2) is 47.5 Å². The zero-order chi connectivity index (χ0) is 21.2. The van der Waals surface area contributed by atoms with E-state index in [9.17, 15) is 13.2 Å². The van der Waals surface area contributed by atoms with Crippen LogP contribution in [-0.2, 0) is 19.4 Å². The third kappa shape index (κ3) is 3.52. The molecule has 1 aliphatic heterocycles. The van der Waals surface area contributed by atoms with Gasteiger partial charge in [0, 0.05) is 18.8 Å². The molecule has 0 radical (unpaired) electrons. The highest BCUT2D eigenvalue weighted by Gasteiger charge is 2.52. The minimum absolute atomic E-state index is 0.0000788. The monoisotopic (exact) mass is 445 g/mol. The number of ether oxygens (including phenoxy) is 1. The van der Waals surface area contributed by atoms with E-state index in [0.717, 1.165) is 10.6 Å². The Hall–Kier alpha value is -2.66. The summed E-state index contributed by atoms with van der Waals surface area (Å²) in [5.74, 6) is -0.940. The molecule has 0 saturated carbocycles. The van der Waals surface area contributed by atoms with Crippen molar-refractivity contribution in [1.29, 1.82) is 0 Å². The molecular formula is C20H19N3O5S2. The number of nitrogens with one attached hydrogen (secondary N) is 1. The molecule has 1 amide bonds. The molecule has 4 rings (SSSR count). The van der Waals surface area contributed by atoms with Gasteiger partial charge in [-0.15, -0.1) is 11.3 Å². The number of amides is 1. The highest BCUT2D eigenvalue weighted by atomic mass is 32.2. The number of aromatic nitrogens is 2. The van der Waals surface area contributed by atoms with Gasteiger partial charge < -0.3 is 4.74 Å². The fourth-order valence-electron chi connectivity index (χ4n) is 3.48. The zero-order valence-electron chi connectivity index (χ0n) is 15.8. The van der Waals surface area contributed by atoms with Crippen molar-refractivity contribution < 1.29 is 23.2 Å². The van der Waals surface area contributed by atoms with Crippen LogP contribution in [0.2, 0.25) is 0 Å². The fourth-order valence-corrected chi connectivity index (χ4v) is 6.11. The van der Waals surface area contributed by atoms with Crippen LogP contribution in [0.15, 0.2) is 59.1 Å². The van der Waals surface area contributed by atoms with Gasteiger partial charge in [0.1, 0.15) is 0 Å². The first-order chi connectivity index (χ1) is 14.5. The first-order valence-corrected chi connectivity index (χ1v) is 11.6. The van der Waals surface area contributed by atoms with Gasteiger partial charge in [-0.3, -0.25) is 20.0 Å². The molecular weight excluding hydrogens is 426 g/mol. The minimum Gasteiger partial charge on any atom is -0.381 e. The third-order valence-corrected chi connectivity index (χ3v) is 8.62. The van der Waals surface area contributed by atoms with Crippen LogP contribution in [0.3, 0.4) is 0 Å². The normalized spacial score (nSPS) is 16.2. The predicted molar refractivity (Wildman–Crippen MR) is 111 cm³/mol. The van der Waals surface area contributed by atoms with Gasteiger partial charge in [0.15, 0.2) is 14.6 Å². The summed E-state index contributed by atoms with van der Waals surface area (Å²) in [5.41, 5.74) is 3.59. The standard InChI is InChI=1S/C20H19N3O5S2/c24-19(23-25)20(7-9-28-10-8-20)30(26,27)15-5-3-14(4-6-15)16-12-22-17(13-21-16)18-2-1-11-29-18/h1-6,11-13,25H,7-10H2,(H,23,24). The molecule has 30 heavy (non-hydrogen) atoms. The smallest absolute Gasteiger partial charge is 0.265 e. The Kier molecular flexibility index (Phi) is 5.65. The summed E-state index contributed by atoms with van der Waals surface area (Å²) >= 11 is 1.57. The van der Waals surface area contributed by atoms with E-state index in [0.29, 0.717) is 11.3 Å². The van der Waals surface area contributed by atoms with E-state index in [-0.39, 0.29) is 31.0 Å². The summed E-state index contributed by atoms with van der Waals surface area (Å²) in [5, 5.41) is 11.1. The summed E-state index contributed by atoms with van der Waals surface area (Å²) < 4.78 is 30.0. The van der Waals surface area contributed by atoms with E-state index < -0.39 is 20.5 Å². The van der Waals surface area contributed by atoms with E-state index >= 15 is 0 Å². The third-order valence-electron chi connectivity index (χ3n) is 5.22. The van der Waals surface area contributed by atoms with Crippen LogP contribution in [0.5, 0.6) is 0 Å². The van der Waals surface area contributed by atoms with Crippen molar-refractivity contribution in [1.82, 2.24) is 15.4 Å². The van der Waals surface area contributed by atoms with Crippen molar-refractivity contribution in [3.05, 3.63) is 54.2 Å². The Morgan fingerprint density at radius 3 is 2.30 bits per heavy atom. The van der Waals surface area contributed by atoms with Gasteiger partial charge in [0.05, 0.1) is 33.6 Å². The second-order valence-electron chi connectivity index (χ2n) is 6.84. The lowest BCUT2D eigenvalue weighted by molar-refractivity contribution is -0.134. The van der Waals surface area contributed by atoms with Crippen LogP contribution in [0.25, 0.3) is 21.8 Å². The number of hydrogen-bond acceptors (Lipinski definition) is 8. The average Bonchev–Trinajstić information content (AvgIpc) is 3.34. The maximum absolute atomic E-state index is 13.3. The lowest BCUT2D eigenvalue weighted by Gasteiger charge is -2.34. The quantitative estimate of drug-likeness (QED) is 0.458. The molecule has 156 valence electrons. The topological polar surface area (TPSA) is 118 Å². The molecule has 0 unspecified atom stereocenters. The molecule has 0 aliphatic carbocycles. The van der Waals surface area contributed by atoms with Gasteiger partial charge in [0.2, 0.25) is 0 Å². The molecule has 0 atom stereocenters. The maximum Gasteiger partial charge on any atom is 0.265 e. The highest BCUT2D eigenvalue weighted by molar-refractivity contribution is 7.93. The summed E-state index contributed by atoms with van der Waals surface area (Å²) in [7, 11) is -4.06. The molecule has 0 spiro atoms. The Bertz CT molecular complexity index is 1120. The van der Waals surface area contributed by atoms with Gasteiger partial charge in [-0.2, -0.15) is 0 Å². The van der Waals surface area contributed by atoms with Crippen molar-refractivity contribution in [3.8, 4) is 21.8 Å². The Morgan fingerprint density at radius 2 is 1.73 bits per heavy atom. The number of benzene rings is 1. The summed E-state index contributed by atoms with van der Waals surface area (Å²) in [6.07, 6.45) is 3.25. The van der Waals surface area contributed by atoms with E-state index in [2.05, 4.69) is 9.97 Å². The molecule has 10 heteroatoms. The number of nitrogens with zero attached hydrogens (tertiary/aromatic N) is 2. The molecule has 3 heterocycles. The predicted octanol–water partition coefficient (Wildman–Crippen LogP) is 2.70. The molecule has 2 N–H and O–H groups in total. The second-order valence-corrected chi connectivity index (χ2v) is 10.0. The van der Waals surface area contributed by atoms with Gasteiger partial charge in [-0.25, -0.2) is 13.9 Å². The number of carbonyl (C=O) groups excluding carboxylic acids is 1. The molecule has 1 fully saturated rings. The summed E-state index contributed by atoms with van der Waals surface area (Å²) in [4.78, 5) is 22.2. The fraction of sp³-hybridized carbons (Fsp3) is 0.250.